The highest BCUT2D eigenvalue weighted by Gasteiger charge is 2.76. The highest BCUT2D eigenvalue weighted by Crippen LogP contribution is 2.66. The Labute approximate surface area is 268 Å². The molecule has 46 heavy (non-hydrogen) atoms. The topological polar surface area (TPSA) is 171 Å². The van der Waals surface area contributed by atoms with Crippen LogP contribution >= 0.6 is 0 Å². The monoisotopic (exact) mass is 628 g/mol. The van der Waals surface area contributed by atoms with Gasteiger partial charge in [-0.15, -0.1) is 0 Å². The summed E-state index contributed by atoms with van der Waals surface area (Å²) in [4.78, 5) is 46.0. The first-order valence-corrected chi connectivity index (χ1v) is 16.0. The average molecular weight is 629 g/mol. The number of para-hydroxylation sites is 1. The van der Waals surface area contributed by atoms with Crippen molar-refractivity contribution in [3.8, 4) is 16.9 Å². The average Bonchev–Trinajstić information content (AvgIpc) is 2.93. The Morgan fingerprint density at radius 2 is 1.74 bits per heavy atom. The first-order valence-electron chi connectivity index (χ1n) is 16.0. The molecule has 3 aliphatic rings. The predicted molar refractivity (Wildman–Crippen MR) is 173 cm³/mol. The molecule has 0 saturated heterocycles. The predicted octanol–water partition coefficient (Wildman–Crippen LogP) is 4.09. The number of rotatable bonds is 3. The van der Waals surface area contributed by atoms with Crippen LogP contribution in [0.25, 0.3) is 22.0 Å². The SMILES string of the molecule is CC(C)[C@H]1C(O)C(C(N)=O)C(=O)[C@]2(O)C(O)C3C(=O)c4c(O)c(C(C)(C)C)cc(-c5cnc6ccccc6c5)c4C[C@]3(C)C[C@]12C. The number of primary amides is 1. The van der Waals surface area contributed by atoms with Crippen LogP contribution in [0.1, 0.15) is 76.4 Å². The number of hydrogen-bond donors (Lipinski definition) is 5. The Bertz CT molecular complexity index is 1810. The Morgan fingerprint density at radius 1 is 1.09 bits per heavy atom. The summed E-state index contributed by atoms with van der Waals surface area (Å²) in [6.07, 6.45) is -1.34. The highest BCUT2D eigenvalue weighted by atomic mass is 16.4. The van der Waals surface area contributed by atoms with Gasteiger partial charge in [0, 0.05) is 28.1 Å². The molecule has 0 radical (unpaired) electrons. The molecule has 1 amide bonds. The van der Waals surface area contributed by atoms with Crippen LogP contribution in [0.5, 0.6) is 5.75 Å². The number of pyridine rings is 1. The molecule has 6 rings (SSSR count). The summed E-state index contributed by atoms with van der Waals surface area (Å²) in [5.41, 5.74) is 3.54. The van der Waals surface area contributed by atoms with E-state index in [9.17, 15) is 34.8 Å². The van der Waals surface area contributed by atoms with Crippen LogP contribution in [0.15, 0.2) is 42.6 Å². The summed E-state index contributed by atoms with van der Waals surface area (Å²) >= 11 is 0. The van der Waals surface area contributed by atoms with Crippen molar-refractivity contribution in [3.63, 3.8) is 0 Å². The second-order valence-electron chi connectivity index (χ2n) is 15.8. The summed E-state index contributed by atoms with van der Waals surface area (Å²) in [7, 11) is 0. The lowest BCUT2D eigenvalue weighted by Gasteiger charge is -2.66. The summed E-state index contributed by atoms with van der Waals surface area (Å²) in [6.45, 7) is 13.0. The number of carbonyl (C=O) groups is 3. The normalized spacial score (nSPS) is 34.3. The van der Waals surface area contributed by atoms with Crippen LogP contribution in [0.2, 0.25) is 0 Å². The number of nitrogens with two attached hydrogens (primary N) is 1. The Morgan fingerprint density at radius 3 is 2.35 bits per heavy atom. The lowest BCUT2D eigenvalue weighted by molar-refractivity contribution is -0.265. The zero-order valence-corrected chi connectivity index (χ0v) is 27.5. The van der Waals surface area contributed by atoms with Crippen LogP contribution < -0.4 is 5.73 Å². The first kappa shape index (κ1) is 32.3. The highest BCUT2D eigenvalue weighted by molar-refractivity contribution is 6.10. The Kier molecular flexibility index (Phi) is 7.14. The molecule has 9 heteroatoms. The third-order valence-electron chi connectivity index (χ3n) is 11.5. The summed E-state index contributed by atoms with van der Waals surface area (Å²) in [5, 5.41) is 48.7. The fraction of sp³-hybridized carbons (Fsp3) is 0.514. The molecule has 0 spiro atoms. The van der Waals surface area contributed by atoms with Crippen molar-refractivity contribution >= 4 is 28.4 Å². The van der Waals surface area contributed by atoms with Crippen LogP contribution in [-0.4, -0.2) is 60.7 Å². The number of nitrogens with zero attached hydrogens (tertiary/aromatic N) is 1. The largest absolute Gasteiger partial charge is 0.507 e. The van der Waals surface area contributed by atoms with Crippen molar-refractivity contribution in [1.29, 1.82) is 0 Å². The molecule has 3 aromatic rings. The number of ketones is 2. The lowest BCUT2D eigenvalue weighted by atomic mass is 9.39. The molecule has 2 aromatic carbocycles. The number of benzene rings is 2. The minimum absolute atomic E-state index is 0.0551. The number of aromatic hydroxyl groups is 1. The maximum Gasteiger partial charge on any atom is 0.230 e. The van der Waals surface area contributed by atoms with Crippen molar-refractivity contribution in [2.24, 2.45) is 40.2 Å². The minimum atomic E-state index is -2.56. The quantitative estimate of drug-likeness (QED) is 0.270. The van der Waals surface area contributed by atoms with Crippen molar-refractivity contribution in [1.82, 2.24) is 4.98 Å². The van der Waals surface area contributed by atoms with Gasteiger partial charge >= 0.3 is 0 Å². The van der Waals surface area contributed by atoms with E-state index in [1.54, 1.807) is 13.1 Å². The van der Waals surface area contributed by atoms with Gasteiger partial charge in [0.2, 0.25) is 5.91 Å². The van der Waals surface area contributed by atoms with Crippen LogP contribution in [0.4, 0.5) is 0 Å². The molecule has 4 unspecified atom stereocenters. The van der Waals surface area contributed by atoms with E-state index >= 15 is 0 Å². The third kappa shape index (κ3) is 4.17. The molecule has 3 aliphatic carbocycles. The van der Waals surface area contributed by atoms with E-state index in [0.29, 0.717) is 11.1 Å². The van der Waals surface area contributed by atoms with Crippen LogP contribution in [-0.2, 0) is 21.4 Å². The van der Waals surface area contributed by atoms with Gasteiger partial charge in [-0.05, 0) is 64.8 Å². The van der Waals surface area contributed by atoms with Crippen LogP contribution in [0.3, 0.4) is 0 Å². The number of aliphatic hydroxyl groups is 3. The van der Waals surface area contributed by atoms with Gasteiger partial charge in [-0.1, -0.05) is 66.7 Å². The molecule has 6 N–H and O–H groups in total. The van der Waals surface area contributed by atoms with Gasteiger partial charge in [0.15, 0.2) is 17.2 Å². The van der Waals surface area contributed by atoms with Crippen molar-refractivity contribution in [3.05, 3.63) is 59.3 Å². The van der Waals surface area contributed by atoms with Crippen LogP contribution in [0, 0.1) is 34.5 Å². The fourth-order valence-corrected chi connectivity index (χ4v) is 9.65. The number of phenols is 1. The molecule has 8 atom stereocenters. The molecule has 1 heterocycles. The maximum atomic E-state index is 14.8. The van der Waals surface area contributed by atoms with Gasteiger partial charge in [-0.2, -0.15) is 0 Å². The third-order valence-corrected chi connectivity index (χ3v) is 11.5. The van der Waals surface area contributed by atoms with Crippen molar-refractivity contribution in [2.75, 3.05) is 0 Å². The Balaban J connectivity index is 1.62. The summed E-state index contributed by atoms with van der Waals surface area (Å²) in [5.74, 6) is -7.11. The molecule has 9 nitrogen and oxygen atoms in total. The van der Waals surface area contributed by atoms with E-state index in [0.717, 1.165) is 22.0 Å². The molecular weight excluding hydrogens is 584 g/mol. The summed E-state index contributed by atoms with van der Waals surface area (Å²) in [6, 6.07) is 11.6. The molecule has 2 fully saturated rings. The van der Waals surface area contributed by atoms with E-state index in [-0.39, 0.29) is 30.1 Å². The van der Waals surface area contributed by atoms with Crippen molar-refractivity contribution < 1.29 is 34.8 Å². The molecule has 0 bridgehead atoms. The first-order chi connectivity index (χ1) is 21.3. The number of amides is 1. The number of aromatic nitrogens is 1. The molecule has 0 aliphatic heterocycles. The molecule has 2 saturated carbocycles. The molecular formula is C37H44N2O7. The standard InChI is InChI=1S/C37H44N2O7/c1-17(2)26-30(42)25(33(38)45)31(43)37(46)32(44)27-29(41)24-21(14-35(27,6)16-36(26,37)7)20(13-22(28(24)40)34(3,4)5)19-12-18-10-8-9-11-23(18)39-15-19/h8-13,15,17,25-27,30,32,40,42,44,46H,14,16H2,1-7H3,(H2,38,45)/t25?,26-,27?,30?,32?,35+,36+,37-/m0/s1. The number of phenolic OH excluding ortho intramolecular Hbond substituents is 1. The smallest absolute Gasteiger partial charge is 0.230 e. The van der Waals surface area contributed by atoms with E-state index < -0.39 is 69.3 Å². The number of carbonyl (C=O) groups excluding carboxylic acids is 3. The summed E-state index contributed by atoms with van der Waals surface area (Å²) < 4.78 is 0. The van der Waals surface area contributed by atoms with Gasteiger partial charge in [0.25, 0.3) is 0 Å². The zero-order chi connectivity index (χ0) is 33.9. The molecule has 1 aromatic heterocycles. The van der Waals surface area contributed by atoms with Gasteiger partial charge in [0.05, 0.1) is 23.1 Å². The second-order valence-corrected chi connectivity index (χ2v) is 15.8. The second kappa shape index (κ2) is 10.2. The van der Waals surface area contributed by atoms with E-state index in [1.165, 1.54) is 0 Å². The van der Waals surface area contributed by atoms with Gasteiger partial charge < -0.3 is 26.2 Å². The van der Waals surface area contributed by atoms with E-state index in [4.69, 9.17) is 5.73 Å². The lowest BCUT2D eigenvalue weighted by Crippen LogP contribution is -2.79. The number of Topliss-reactive ketones (excluding diaryl/α,β-unsaturated/α-hetero) is 2. The number of aliphatic hydroxyl groups excluding tert-OH is 2. The van der Waals surface area contributed by atoms with Gasteiger partial charge in [-0.25, -0.2) is 0 Å². The number of hydrogen-bond acceptors (Lipinski definition) is 8. The van der Waals surface area contributed by atoms with Gasteiger partial charge in [-0.3, -0.25) is 19.4 Å². The minimum Gasteiger partial charge on any atom is -0.507 e. The fourth-order valence-electron chi connectivity index (χ4n) is 9.65. The molecule has 244 valence electrons. The van der Waals surface area contributed by atoms with E-state index in [2.05, 4.69) is 4.98 Å². The van der Waals surface area contributed by atoms with Gasteiger partial charge in [0.1, 0.15) is 17.8 Å². The zero-order valence-electron chi connectivity index (χ0n) is 27.5. The Hall–Kier alpha value is -3.66. The van der Waals surface area contributed by atoms with Crippen molar-refractivity contribution in [2.45, 2.75) is 84.5 Å². The number of fused-ring (bicyclic) bond motifs is 4. The van der Waals surface area contributed by atoms with E-state index in [1.807, 2.05) is 77.9 Å². The maximum absolute atomic E-state index is 14.8.